The van der Waals surface area contributed by atoms with Crippen LogP contribution < -0.4 is 30.1 Å². The summed E-state index contributed by atoms with van der Waals surface area (Å²) in [5, 5.41) is 0.231. The number of halogens is 2. The highest BCUT2D eigenvalue weighted by Gasteiger charge is 2.44. The van der Waals surface area contributed by atoms with Crippen LogP contribution in [0.3, 0.4) is 0 Å². The number of H-pyrrole nitrogens is 1. The van der Waals surface area contributed by atoms with Crippen LogP contribution in [0.25, 0.3) is 0 Å². The van der Waals surface area contributed by atoms with Gasteiger partial charge in [-0.05, 0) is 66.1 Å². The van der Waals surface area contributed by atoms with E-state index in [-0.39, 0.29) is 34.4 Å². The number of phosphoric ester groups is 1. The standard InChI is InChI=1S/C37H35Cl2N2O10P/c1-23-21-41(36(43)40-35(23)42)34-20-32(51-52(44,45)50-31-18-13-27(38)19-30(31)39)33(49-34)22-48-37(24-7-5-4-6-8-24,25-9-14-28(46-2)15-10-25)26-11-16-29(47-3)17-12-26/h4-19,21,32-34H,20,22H2,1-3H3,(H,44,45)(H,40,42,43)/p-1/t32-,33+,34+/m0/s1. The number of methoxy groups -OCH3 is 2. The number of phosphoric acid groups is 1. The van der Waals surface area contributed by atoms with Crippen molar-refractivity contribution in [2.75, 3.05) is 20.8 Å². The number of nitrogens with one attached hydrogen (secondary N) is 1. The van der Waals surface area contributed by atoms with Crippen LogP contribution >= 0.6 is 31.0 Å². The summed E-state index contributed by atoms with van der Waals surface area (Å²) in [6, 6.07) is 28.3. The van der Waals surface area contributed by atoms with Gasteiger partial charge in [-0.25, -0.2) is 4.79 Å². The van der Waals surface area contributed by atoms with Gasteiger partial charge in [0.25, 0.3) is 5.56 Å². The molecule has 1 aliphatic heterocycles. The van der Waals surface area contributed by atoms with E-state index in [2.05, 4.69) is 4.98 Å². The van der Waals surface area contributed by atoms with Gasteiger partial charge in [0.1, 0.15) is 35.2 Å². The third-order valence-electron chi connectivity index (χ3n) is 8.64. The fourth-order valence-corrected chi connectivity index (χ4v) is 7.57. The molecular formula is C37H34Cl2N2O10P-. The van der Waals surface area contributed by atoms with Gasteiger partial charge in [0.05, 0.1) is 32.0 Å². The third kappa shape index (κ3) is 7.99. The van der Waals surface area contributed by atoms with E-state index in [9.17, 15) is 19.0 Å². The Morgan fingerprint density at radius 1 is 0.904 bits per heavy atom. The molecule has 15 heteroatoms. The summed E-state index contributed by atoms with van der Waals surface area (Å²) < 4.78 is 49.6. The second-order valence-corrected chi connectivity index (χ2v) is 14.0. The van der Waals surface area contributed by atoms with Crippen molar-refractivity contribution in [1.82, 2.24) is 9.55 Å². The molecule has 1 aromatic heterocycles. The number of hydrogen-bond acceptors (Lipinski definition) is 10. The van der Waals surface area contributed by atoms with Crippen molar-refractivity contribution in [2.24, 2.45) is 0 Å². The lowest BCUT2D eigenvalue weighted by Crippen LogP contribution is -2.39. The fraction of sp³-hybridized carbons (Fsp3) is 0.243. The predicted octanol–water partition coefficient (Wildman–Crippen LogP) is 6.40. The molecule has 1 fully saturated rings. The fourth-order valence-electron chi connectivity index (χ4n) is 6.07. The zero-order valence-electron chi connectivity index (χ0n) is 28.2. The quantitative estimate of drug-likeness (QED) is 0.105. The van der Waals surface area contributed by atoms with E-state index in [1.165, 1.54) is 35.9 Å². The first kappa shape index (κ1) is 37.4. The predicted molar refractivity (Wildman–Crippen MR) is 192 cm³/mol. The number of aryl methyl sites for hydroxylation is 1. The van der Waals surface area contributed by atoms with Crippen LogP contribution in [0.15, 0.2) is 113 Å². The first-order valence-electron chi connectivity index (χ1n) is 16.0. The molecule has 1 N–H and O–H groups in total. The molecule has 52 heavy (non-hydrogen) atoms. The highest BCUT2D eigenvalue weighted by molar-refractivity contribution is 7.46. The van der Waals surface area contributed by atoms with E-state index in [0.717, 1.165) is 16.7 Å². The Labute approximate surface area is 309 Å². The van der Waals surface area contributed by atoms with E-state index >= 15 is 0 Å². The average molecular weight is 769 g/mol. The van der Waals surface area contributed by atoms with Gasteiger partial charge in [0, 0.05) is 23.2 Å². The number of aromatic amines is 1. The highest BCUT2D eigenvalue weighted by atomic mass is 35.5. The van der Waals surface area contributed by atoms with Crippen LogP contribution in [0.4, 0.5) is 0 Å². The third-order valence-corrected chi connectivity index (χ3v) is 10.1. The van der Waals surface area contributed by atoms with Gasteiger partial charge in [-0.1, -0.05) is 77.8 Å². The van der Waals surface area contributed by atoms with E-state index in [1.807, 2.05) is 78.9 Å². The van der Waals surface area contributed by atoms with Gasteiger partial charge in [0.2, 0.25) is 0 Å². The molecule has 1 aliphatic rings. The van der Waals surface area contributed by atoms with E-state index in [4.69, 9.17) is 51.2 Å². The van der Waals surface area contributed by atoms with Crippen LogP contribution in [0, 0.1) is 6.92 Å². The Kier molecular flexibility index (Phi) is 11.3. The summed E-state index contributed by atoms with van der Waals surface area (Å²) in [6.07, 6.45) is -2.15. The van der Waals surface area contributed by atoms with Crippen LogP contribution in [0.5, 0.6) is 17.2 Å². The SMILES string of the molecule is COc1ccc(C(OC[C@H]2O[C@@H](n3cc(C)c(=O)[nH]c3=O)C[C@@H]2OP(=O)([O-])Oc2ccc(Cl)cc2Cl)(c2ccccc2)c2ccc(OC)cc2)cc1. The largest absolute Gasteiger partial charge is 0.746 e. The van der Waals surface area contributed by atoms with E-state index in [0.29, 0.717) is 11.5 Å². The van der Waals surface area contributed by atoms with Crippen LogP contribution in [0.1, 0.15) is 34.9 Å². The van der Waals surface area contributed by atoms with Gasteiger partial charge >= 0.3 is 13.5 Å². The molecule has 1 saturated heterocycles. The van der Waals surface area contributed by atoms with Crippen molar-refractivity contribution in [1.29, 1.82) is 0 Å². The molecule has 4 aromatic carbocycles. The lowest BCUT2D eigenvalue weighted by Gasteiger charge is -2.37. The molecule has 0 radical (unpaired) electrons. The minimum Gasteiger partial charge on any atom is -0.746 e. The summed E-state index contributed by atoms with van der Waals surface area (Å²) in [5.74, 6) is 1.07. The smallest absolute Gasteiger partial charge is 0.330 e. The maximum absolute atomic E-state index is 13.4. The van der Waals surface area contributed by atoms with Gasteiger partial charge in [-0.15, -0.1) is 0 Å². The van der Waals surface area contributed by atoms with E-state index in [1.54, 1.807) is 14.2 Å². The molecule has 0 aliphatic carbocycles. The molecule has 0 amide bonds. The zero-order valence-corrected chi connectivity index (χ0v) is 30.6. The van der Waals surface area contributed by atoms with Crippen LogP contribution in [0.2, 0.25) is 10.0 Å². The second-order valence-electron chi connectivity index (χ2n) is 11.9. The number of benzene rings is 4. The van der Waals surface area contributed by atoms with Crippen molar-refractivity contribution >= 4 is 31.0 Å². The monoisotopic (exact) mass is 767 g/mol. The first-order chi connectivity index (χ1) is 24.9. The average Bonchev–Trinajstić information content (AvgIpc) is 3.53. The first-order valence-corrected chi connectivity index (χ1v) is 18.2. The molecule has 1 unspecified atom stereocenters. The molecule has 4 atom stereocenters. The van der Waals surface area contributed by atoms with Crippen molar-refractivity contribution in [3.8, 4) is 17.2 Å². The van der Waals surface area contributed by atoms with Gasteiger partial charge in [-0.3, -0.25) is 18.9 Å². The molecule has 272 valence electrons. The summed E-state index contributed by atoms with van der Waals surface area (Å²) in [6.45, 7) is 1.29. The summed E-state index contributed by atoms with van der Waals surface area (Å²) in [4.78, 5) is 40.7. The van der Waals surface area contributed by atoms with Crippen molar-refractivity contribution in [2.45, 2.75) is 37.4 Å². The molecule has 12 nitrogen and oxygen atoms in total. The lowest BCUT2D eigenvalue weighted by molar-refractivity contribution is -0.223. The van der Waals surface area contributed by atoms with E-state index < -0.39 is 43.1 Å². The number of hydrogen-bond donors (Lipinski definition) is 1. The molecule has 6 rings (SSSR count). The minimum atomic E-state index is -5.13. The molecule has 0 saturated carbocycles. The Balaban J connectivity index is 1.41. The highest BCUT2D eigenvalue weighted by Crippen LogP contribution is 2.48. The molecule has 0 spiro atoms. The number of ether oxygens (including phenoxy) is 4. The van der Waals surface area contributed by atoms with Gasteiger partial charge in [0.15, 0.2) is 0 Å². The number of nitrogens with zero attached hydrogens (tertiary/aromatic N) is 1. The Morgan fingerprint density at radius 3 is 2.08 bits per heavy atom. The maximum Gasteiger partial charge on any atom is 0.330 e. The van der Waals surface area contributed by atoms with Crippen molar-refractivity contribution < 1.29 is 37.5 Å². The van der Waals surface area contributed by atoms with Crippen molar-refractivity contribution in [3.05, 3.63) is 156 Å². The Bertz CT molecular complexity index is 2130. The topological polar surface area (TPSA) is 150 Å². The second kappa shape index (κ2) is 15.7. The Morgan fingerprint density at radius 2 is 1.50 bits per heavy atom. The lowest BCUT2D eigenvalue weighted by atomic mass is 9.80. The van der Waals surface area contributed by atoms with Gasteiger partial charge in [-0.2, -0.15) is 0 Å². The summed E-state index contributed by atoms with van der Waals surface area (Å²) in [7, 11) is -1.99. The molecule has 2 heterocycles. The van der Waals surface area contributed by atoms with Gasteiger partial charge < -0.3 is 32.9 Å². The minimum absolute atomic E-state index is 0.0468. The number of aromatic nitrogens is 2. The maximum atomic E-state index is 13.4. The molecule has 5 aromatic rings. The van der Waals surface area contributed by atoms with Crippen LogP contribution in [-0.2, 0) is 24.2 Å². The number of rotatable bonds is 13. The van der Waals surface area contributed by atoms with Crippen LogP contribution in [-0.4, -0.2) is 42.6 Å². The zero-order chi connectivity index (χ0) is 37.0. The van der Waals surface area contributed by atoms with Crippen molar-refractivity contribution in [3.63, 3.8) is 0 Å². The molecular weight excluding hydrogens is 734 g/mol. The normalized spacial score (nSPS) is 18.5. The summed E-state index contributed by atoms with van der Waals surface area (Å²) in [5.41, 5.74) is -0.149. The Hall–Kier alpha value is -4.39. The molecule has 0 bridgehead atoms. The summed E-state index contributed by atoms with van der Waals surface area (Å²) >= 11 is 12.2.